The number of ether oxygens (including phenoxy) is 1. The summed E-state index contributed by atoms with van der Waals surface area (Å²) >= 11 is 0. The number of nitrogens with zero attached hydrogens (tertiary/aromatic N) is 2. The van der Waals surface area contributed by atoms with Crippen LogP contribution in [0.1, 0.15) is 17.5 Å². The Bertz CT molecular complexity index is 458. The van der Waals surface area contributed by atoms with Crippen LogP contribution in [0, 0.1) is 6.92 Å². The van der Waals surface area contributed by atoms with Crippen LogP contribution in [0.3, 0.4) is 0 Å². The largest absolute Gasteiger partial charge is 0.478 e. The van der Waals surface area contributed by atoms with Crippen molar-refractivity contribution in [3.63, 3.8) is 0 Å². The minimum Gasteiger partial charge on any atom is -0.478 e. The second kappa shape index (κ2) is 7.53. The van der Waals surface area contributed by atoms with Gasteiger partial charge < -0.3 is 14.7 Å². The molecule has 0 aliphatic carbocycles. The summed E-state index contributed by atoms with van der Waals surface area (Å²) in [6, 6.07) is 1.93. The number of anilines is 1. The second-order valence-electron chi connectivity index (χ2n) is 4.35. The summed E-state index contributed by atoms with van der Waals surface area (Å²) in [5, 5.41) is 8.58. The fourth-order valence-corrected chi connectivity index (χ4v) is 1.80. The van der Waals surface area contributed by atoms with E-state index in [0.717, 1.165) is 42.6 Å². The molecule has 5 nitrogen and oxygen atoms in total. The van der Waals surface area contributed by atoms with Crippen molar-refractivity contribution in [2.75, 3.05) is 32.2 Å². The van der Waals surface area contributed by atoms with Gasteiger partial charge in [0.1, 0.15) is 5.82 Å². The zero-order valence-electron chi connectivity index (χ0n) is 11.6. The molecule has 0 saturated heterocycles. The average molecular weight is 264 g/mol. The van der Waals surface area contributed by atoms with E-state index < -0.39 is 5.97 Å². The van der Waals surface area contributed by atoms with Crippen LogP contribution in [0.25, 0.3) is 6.08 Å². The standard InChI is InChI=1S/C14H20N2O3/c1-11-9-12(5-6-13(17)18)10-15-14(11)16(2)7-4-8-19-3/h5-6,9-10H,4,7-8H2,1-3H3,(H,17,18)/b6-5+. The van der Waals surface area contributed by atoms with E-state index in [1.165, 1.54) is 6.08 Å². The number of pyridine rings is 1. The molecule has 1 N–H and O–H groups in total. The van der Waals surface area contributed by atoms with Gasteiger partial charge in [0.05, 0.1) is 0 Å². The predicted octanol–water partition coefficient (Wildman–Crippen LogP) is 1.96. The first kappa shape index (κ1) is 15.2. The Kier molecular flexibility index (Phi) is 6.02. The molecule has 0 unspecified atom stereocenters. The molecule has 0 aromatic carbocycles. The lowest BCUT2D eigenvalue weighted by Gasteiger charge is -2.20. The number of carboxylic acids is 1. The first-order valence-electron chi connectivity index (χ1n) is 6.12. The molecule has 0 fully saturated rings. The third kappa shape index (κ3) is 5.09. The highest BCUT2D eigenvalue weighted by Gasteiger charge is 2.06. The summed E-state index contributed by atoms with van der Waals surface area (Å²) < 4.78 is 5.02. The Morgan fingerprint density at radius 2 is 2.32 bits per heavy atom. The van der Waals surface area contributed by atoms with Crippen LogP contribution in [-0.2, 0) is 9.53 Å². The molecular formula is C14H20N2O3. The van der Waals surface area contributed by atoms with E-state index in [1.807, 2.05) is 20.0 Å². The van der Waals surface area contributed by atoms with Crippen molar-refractivity contribution >= 4 is 17.9 Å². The molecule has 0 atom stereocenters. The van der Waals surface area contributed by atoms with Gasteiger partial charge in [-0.15, -0.1) is 0 Å². The van der Waals surface area contributed by atoms with E-state index in [0.29, 0.717) is 0 Å². The zero-order chi connectivity index (χ0) is 14.3. The van der Waals surface area contributed by atoms with Crippen LogP contribution in [-0.4, -0.2) is 43.4 Å². The number of methoxy groups -OCH3 is 1. The van der Waals surface area contributed by atoms with Crippen LogP contribution in [0.2, 0.25) is 0 Å². The van der Waals surface area contributed by atoms with Crippen molar-refractivity contribution in [3.8, 4) is 0 Å². The lowest BCUT2D eigenvalue weighted by Crippen LogP contribution is -2.21. The molecule has 1 aromatic rings. The van der Waals surface area contributed by atoms with Crippen molar-refractivity contribution in [3.05, 3.63) is 29.5 Å². The first-order valence-corrected chi connectivity index (χ1v) is 6.12. The highest BCUT2D eigenvalue weighted by atomic mass is 16.5. The average Bonchev–Trinajstić information content (AvgIpc) is 2.36. The molecule has 1 heterocycles. The first-order chi connectivity index (χ1) is 9.04. The Morgan fingerprint density at radius 3 is 2.89 bits per heavy atom. The number of aromatic nitrogens is 1. The molecule has 0 aliphatic heterocycles. The molecule has 5 heteroatoms. The molecule has 0 spiro atoms. The van der Waals surface area contributed by atoms with Crippen molar-refractivity contribution in [2.24, 2.45) is 0 Å². The van der Waals surface area contributed by atoms with Crippen molar-refractivity contribution < 1.29 is 14.6 Å². The number of aryl methyl sites for hydroxylation is 1. The Hall–Kier alpha value is -1.88. The highest BCUT2D eigenvalue weighted by molar-refractivity contribution is 5.85. The molecule has 1 aromatic heterocycles. The minimum atomic E-state index is -0.960. The molecule has 104 valence electrons. The van der Waals surface area contributed by atoms with E-state index in [-0.39, 0.29) is 0 Å². The summed E-state index contributed by atoms with van der Waals surface area (Å²) in [4.78, 5) is 16.9. The van der Waals surface area contributed by atoms with E-state index in [4.69, 9.17) is 9.84 Å². The van der Waals surface area contributed by atoms with Gasteiger partial charge in [0.2, 0.25) is 0 Å². The number of aliphatic carboxylic acids is 1. The van der Waals surface area contributed by atoms with Crippen LogP contribution < -0.4 is 4.90 Å². The van der Waals surface area contributed by atoms with Gasteiger partial charge in [-0.25, -0.2) is 9.78 Å². The maximum atomic E-state index is 10.5. The zero-order valence-corrected chi connectivity index (χ0v) is 11.6. The van der Waals surface area contributed by atoms with E-state index in [1.54, 1.807) is 13.3 Å². The quantitative estimate of drug-likeness (QED) is 0.602. The molecule has 0 bridgehead atoms. The maximum absolute atomic E-state index is 10.5. The van der Waals surface area contributed by atoms with Crippen molar-refractivity contribution in [1.29, 1.82) is 0 Å². The predicted molar refractivity (Wildman–Crippen MR) is 75.4 cm³/mol. The van der Waals surface area contributed by atoms with Crippen LogP contribution >= 0.6 is 0 Å². The number of carbonyl (C=O) groups is 1. The SMILES string of the molecule is COCCCN(C)c1ncc(/C=C/C(=O)O)cc1C. The number of hydrogen-bond acceptors (Lipinski definition) is 4. The van der Waals surface area contributed by atoms with Gasteiger partial charge in [-0.2, -0.15) is 0 Å². The number of carboxylic acid groups (broad SMARTS) is 1. The molecular weight excluding hydrogens is 244 g/mol. The number of hydrogen-bond donors (Lipinski definition) is 1. The van der Waals surface area contributed by atoms with Crippen LogP contribution in [0.15, 0.2) is 18.3 Å². The third-order valence-corrected chi connectivity index (χ3v) is 2.69. The Labute approximate surface area is 113 Å². The maximum Gasteiger partial charge on any atom is 0.328 e. The molecule has 0 amide bonds. The van der Waals surface area contributed by atoms with E-state index >= 15 is 0 Å². The van der Waals surface area contributed by atoms with Gasteiger partial charge in [-0.05, 0) is 36.6 Å². The smallest absolute Gasteiger partial charge is 0.328 e. The molecule has 0 saturated carbocycles. The monoisotopic (exact) mass is 264 g/mol. The van der Waals surface area contributed by atoms with Crippen molar-refractivity contribution in [1.82, 2.24) is 4.98 Å². The fourth-order valence-electron chi connectivity index (χ4n) is 1.80. The van der Waals surface area contributed by atoms with E-state index in [9.17, 15) is 4.79 Å². The lowest BCUT2D eigenvalue weighted by atomic mass is 10.2. The van der Waals surface area contributed by atoms with Gasteiger partial charge in [0.25, 0.3) is 0 Å². The molecule has 19 heavy (non-hydrogen) atoms. The highest BCUT2D eigenvalue weighted by Crippen LogP contribution is 2.17. The summed E-state index contributed by atoms with van der Waals surface area (Å²) in [6.07, 6.45) is 5.26. The van der Waals surface area contributed by atoms with E-state index in [2.05, 4.69) is 9.88 Å². The summed E-state index contributed by atoms with van der Waals surface area (Å²) in [6.45, 7) is 3.56. The Balaban J connectivity index is 2.73. The van der Waals surface area contributed by atoms with Crippen LogP contribution in [0.5, 0.6) is 0 Å². The van der Waals surface area contributed by atoms with Gasteiger partial charge in [0.15, 0.2) is 0 Å². The van der Waals surface area contributed by atoms with Gasteiger partial charge in [-0.3, -0.25) is 0 Å². The van der Waals surface area contributed by atoms with Gasteiger partial charge in [0, 0.05) is 39.6 Å². The molecule has 0 aliphatic rings. The topological polar surface area (TPSA) is 62.7 Å². The van der Waals surface area contributed by atoms with Gasteiger partial charge >= 0.3 is 5.97 Å². The Morgan fingerprint density at radius 1 is 1.58 bits per heavy atom. The number of rotatable bonds is 7. The summed E-state index contributed by atoms with van der Waals surface area (Å²) in [5.74, 6) is -0.0537. The van der Waals surface area contributed by atoms with Crippen LogP contribution in [0.4, 0.5) is 5.82 Å². The molecule has 0 radical (unpaired) electrons. The lowest BCUT2D eigenvalue weighted by molar-refractivity contribution is -0.131. The normalized spacial score (nSPS) is 10.9. The third-order valence-electron chi connectivity index (χ3n) is 2.69. The minimum absolute atomic E-state index is 0.725. The molecule has 1 rings (SSSR count). The fraction of sp³-hybridized carbons (Fsp3) is 0.429. The van der Waals surface area contributed by atoms with Crippen molar-refractivity contribution in [2.45, 2.75) is 13.3 Å². The summed E-state index contributed by atoms with van der Waals surface area (Å²) in [7, 11) is 3.67. The summed E-state index contributed by atoms with van der Waals surface area (Å²) in [5.41, 5.74) is 1.81. The second-order valence-corrected chi connectivity index (χ2v) is 4.35. The van der Waals surface area contributed by atoms with Gasteiger partial charge in [-0.1, -0.05) is 0 Å².